The van der Waals surface area contributed by atoms with E-state index in [-0.39, 0.29) is 5.91 Å². The van der Waals surface area contributed by atoms with E-state index in [2.05, 4.69) is 20.4 Å². The molecule has 0 radical (unpaired) electrons. The number of rotatable bonds is 6. The van der Waals surface area contributed by atoms with Gasteiger partial charge in [-0.25, -0.2) is 0 Å². The molecule has 0 saturated carbocycles. The minimum absolute atomic E-state index is 0.186. The molecule has 1 aliphatic heterocycles. The average Bonchev–Trinajstić information content (AvgIpc) is 3.10. The Labute approximate surface area is 135 Å². The van der Waals surface area contributed by atoms with Crippen LogP contribution in [0, 0.1) is 0 Å². The van der Waals surface area contributed by atoms with Gasteiger partial charge in [0.1, 0.15) is 0 Å². The van der Waals surface area contributed by atoms with Crippen LogP contribution in [0.2, 0.25) is 0 Å². The van der Waals surface area contributed by atoms with Crippen molar-refractivity contribution in [1.82, 2.24) is 25.2 Å². The maximum absolute atomic E-state index is 12.1. The summed E-state index contributed by atoms with van der Waals surface area (Å²) in [5, 5.41) is 11.2. The number of nitrogens with one attached hydrogen (secondary N) is 1. The molecule has 1 fully saturated rings. The summed E-state index contributed by atoms with van der Waals surface area (Å²) in [6.45, 7) is 5.15. The van der Waals surface area contributed by atoms with E-state index in [1.165, 1.54) is 11.0 Å². The molecule has 0 atom stereocenters. The van der Waals surface area contributed by atoms with Gasteiger partial charge in [-0.1, -0.05) is 18.2 Å². The van der Waals surface area contributed by atoms with Crippen LogP contribution < -0.4 is 5.32 Å². The molecule has 1 aromatic carbocycles. The van der Waals surface area contributed by atoms with Gasteiger partial charge in [-0.2, -0.15) is 9.90 Å². The molecule has 1 saturated heterocycles. The molecule has 2 heterocycles. The van der Waals surface area contributed by atoms with Crippen molar-refractivity contribution in [2.75, 3.05) is 39.4 Å². The molecule has 1 amide bonds. The van der Waals surface area contributed by atoms with Crippen molar-refractivity contribution < 1.29 is 9.53 Å². The number of nitrogens with zero attached hydrogens (tertiary/aromatic N) is 4. The van der Waals surface area contributed by atoms with Crippen molar-refractivity contribution in [2.24, 2.45) is 0 Å². The zero-order chi connectivity index (χ0) is 15.9. The Morgan fingerprint density at radius 2 is 2.00 bits per heavy atom. The van der Waals surface area contributed by atoms with Crippen LogP contribution in [0.4, 0.5) is 0 Å². The number of carbonyl (C=O) groups is 1. The first-order valence-electron chi connectivity index (χ1n) is 7.89. The van der Waals surface area contributed by atoms with E-state index < -0.39 is 0 Å². The lowest BCUT2D eigenvalue weighted by atomic mass is 10.3. The van der Waals surface area contributed by atoms with Gasteiger partial charge < -0.3 is 10.1 Å². The number of morpholine rings is 1. The van der Waals surface area contributed by atoms with Crippen molar-refractivity contribution in [2.45, 2.75) is 6.42 Å². The second-order valence-corrected chi connectivity index (χ2v) is 5.42. The minimum Gasteiger partial charge on any atom is -0.379 e. The summed E-state index contributed by atoms with van der Waals surface area (Å²) in [4.78, 5) is 15.9. The number of hydrogen-bond acceptors (Lipinski definition) is 5. The number of hydrogen-bond donors (Lipinski definition) is 1. The van der Waals surface area contributed by atoms with Crippen molar-refractivity contribution in [3.63, 3.8) is 0 Å². The van der Waals surface area contributed by atoms with Gasteiger partial charge in [0.25, 0.3) is 5.91 Å². The Morgan fingerprint density at radius 3 is 2.78 bits per heavy atom. The van der Waals surface area contributed by atoms with Crippen LogP contribution in [0.25, 0.3) is 5.69 Å². The predicted molar refractivity (Wildman–Crippen MR) is 85.6 cm³/mol. The number of amides is 1. The van der Waals surface area contributed by atoms with Crippen molar-refractivity contribution in [3.05, 3.63) is 42.2 Å². The third-order valence-electron chi connectivity index (χ3n) is 3.75. The Hall–Kier alpha value is -2.25. The molecule has 7 nitrogen and oxygen atoms in total. The molecule has 122 valence electrons. The quantitative estimate of drug-likeness (QED) is 0.795. The summed E-state index contributed by atoms with van der Waals surface area (Å²) >= 11 is 0. The van der Waals surface area contributed by atoms with Gasteiger partial charge in [-0.05, 0) is 25.1 Å². The molecule has 3 rings (SSSR count). The maximum atomic E-state index is 12.1. The van der Waals surface area contributed by atoms with Crippen LogP contribution in [0.3, 0.4) is 0 Å². The van der Waals surface area contributed by atoms with Crippen molar-refractivity contribution in [1.29, 1.82) is 0 Å². The van der Waals surface area contributed by atoms with E-state index >= 15 is 0 Å². The smallest absolute Gasteiger partial charge is 0.273 e. The third-order valence-corrected chi connectivity index (χ3v) is 3.75. The molecule has 1 aliphatic rings. The lowest BCUT2D eigenvalue weighted by Gasteiger charge is -2.26. The fraction of sp³-hybridized carbons (Fsp3) is 0.438. The van der Waals surface area contributed by atoms with Crippen LogP contribution >= 0.6 is 0 Å². The van der Waals surface area contributed by atoms with Gasteiger partial charge in [-0.3, -0.25) is 9.69 Å². The van der Waals surface area contributed by atoms with E-state index in [1.807, 2.05) is 30.3 Å². The first-order chi connectivity index (χ1) is 11.3. The van der Waals surface area contributed by atoms with Crippen LogP contribution in [-0.4, -0.2) is 65.2 Å². The monoisotopic (exact) mass is 315 g/mol. The molecule has 0 bridgehead atoms. The fourth-order valence-electron chi connectivity index (χ4n) is 2.47. The van der Waals surface area contributed by atoms with Gasteiger partial charge in [0.2, 0.25) is 0 Å². The summed E-state index contributed by atoms with van der Waals surface area (Å²) in [6.07, 6.45) is 2.41. The molecule has 1 N–H and O–H groups in total. The lowest BCUT2D eigenvalue weighted by molar-refractivity contribution is 0.0374. The summed E-state index contributed by atoms with van der Waals surface area (Å²) in [5.74, 6) is -0.186. The maximum Gasteiger partial charge on any atom is 0.273 e. The first-order valence-corrected chi connectivity index (χ1v) is 7.89. The van der Waals surface area contributed by atoms with Crippen LogP contribution in [0.15, 0.2) is 36.5 Å². The lowest BCUT2D eigenvalue weighted by Crippen LogP contribution is -2.38. The van der Waals surface area contributed by atoms with E-state index in [1.54, 1.807) is 0 Å². The van der Waals surface area contributed by atoms with E-state index in [4.69, 9.17) is 4.74 Å². The highest BCUT2D eigenvalue weighted by atomic mass is 16.5. The zero-order valence-electron chi connectivity index (χ0n) is 13.0. The summed E-state index contributed by atoms with van der Waals surface area (Å²) < 4.78 is 5.31. The number of aromatic nitrogens is 3. The Balaban J connectivity index is 1.44. The largest absolute Gasteiger partial charge is 0.379 e. The molecule has 1 aromatic heterocycles. The van der Waals surface area contributed by atoms with Gasteiger partial charge >= 0.3 is 0 Å². The summed E-state index contributed by atoms with van der Waals surface area (Å²) in [5.41, 5.74) is 1.17. The van der Waals surface area contributed by atoms with Crippen LogP contribution in [-0.2, 0) is 4.74 Å². The van der Waals surface area contributed by atoms with Gasteiger partial charge in [0.15, 0.2) is 5.69 Å². The second-order valence-electron chi connectivity index (χ2n) is 5.42. The zero-order valence-corrected chi connectivity index (χ0v) is 13.0. The van der Waals surface area contributed by atoms with Crippen LogP contribution in [0.5, 0.6) is 0 Å². The normalized spacial score (nSPS) is 15.5. The van der Waals surface area contributed by atoms with Crippen molar-refractivity contribution in [3.8, 4) is 5.69 Å². The first kappa shape index (κ1) is 15.6. The molecular formula is C16H21N5O2. The van der Waals surface area contributed by atoms with Gasteiger partial charge in [-0.15, -0.1) is 5.10 Å². The van der Waals surface area contributed by atoms with Crippen LogP contribution in [0.1, 0.15) is 16.9 Å². The molecule has 0 unspecified atom stereocenters. The summed E-state index contributed by atoms with van der Waals surface area (Å²) in [6, 6.07) is 9.53. The van der Waals surface area contributed by atoms with Crippen molar-refractivity contribution >= 4 is 5.91 Å². The molecule has 23 heavy (non-hydrogen) atoms. The Kier molecular flexibility index (Phi) is 5.33. The number of benzene rings is 1. The molecular weight excluding hydrogens is 294 g/mol. The standard InChI is InChI=1S/C16H21N5O2/c22-16(17-7-4-8-20-9-11-23-12-10-20)15-13-18-21(19-15)14-5-2-1-3-6-14/h1-3,5-6,13H,4,7-12H2,(H,17,22). The minimum atomic E-state index is -0.186. The predicted octanol–water partition coefficient (Wildman–Crippen LogP) is 0.719. The molecule has 0 aliphatic carbocycles. The average molecular weight is 315 g/mol. The van der Waals surface area contributed by atoms with E-state index in [9.17, 15) is 4.79 Å². The topological polar surface area (TPSA) is 72.3 Å². The highest BCUT2D eigenvalue weighted by molar-refractivity contribution is 5.91. The molecule has 0 spiro atoms. The number of para-hydroxylation sites is 1. The SMILES string of the molecule is O=C(NCCCN1CCOCC1)c1cnn(-c2ccccc2)n1. The summed E-state index contributed by atoms with van der Waals surface area (Å²) in [7, 11) is 0. The molecule has 7 heteroatoms. The Morgan fingerprint density at radius 1 is 1.22 bits per heavy atom. The van der Waals surface area contributed by atoms with Gasteiger partial charge in [0.05, 0.1) is 25.1 Å². The number of carbonyl (C=O) groups excluding carboxylic acids is 1. The van der Waals surface area contributed by atoms with E-state index in [0.717, 1.165) is 45.0 Å². The highest BCUT2D eigenvalue weighted by Gasteiger charge is 2.12. The van der Waals surface area contributed by atoms with Gasteiger partial charge in [0, 0.05) is 19.6 Å². The molecule has 2 aromatic rings. The number of ether oxygens (including phenoxy) is 1. The second kappa shape index (κ2) is 7.85. The highest BCUT2D eigenvalue weighted by Crippen LogP contribution is 2.04. The Bertz CT molecular complexity index is 622. The van der Waals surface area contributed by atoms with E-state index in [0.29, 0.717) is 12.2 Å². The third kappa shape index (κ3) is 4.37. The fourth-order valence-corrected chi connectivity index (χ4v) is 2.47.